The molecule has 4 heteroatoms. The molecule has 0 bridgehead atoms. The van der Waals surface area contributed by atoms with Gasteiger partial charge in [-0.1, -0.05) is 35.0 Å². The summed E-state index contributed by atoms with van der Waals surface area (Å²) >= 11 is 3.40. The van der Waals surface area contributed by atoms with E-state index < -0.39 is 6.10 Å². The van der Waals surface area contributed by atoms with Gasteiger partial charge in [0.2, 0.25) is 0 Å². The van der Waals surface area contributed by atoms with Crippen molar-refractivity contribution in [3.8, 4) is 0 Å². The monoisotopic (exact) mass is 301 g/mol. The first-order chi connectivity index (χ1) is 8.17. The minimum absolute atomic E-state index is 0.293. The second-order valence-corrected chi connectivity index (χ2v) is 4.96. The van der Waals surface area contributed by atoms with Gasteiger partial charge >= 0.3 is 0 Å². The van der Waals surface area contributed by atoms with Gasteiger partial charge in [-0.25, -0.2) is 0 Å². The zero-order valence-corrected chi connectivity index (χ0v) is 11.9. The molecule has 2 N–H and O–H groups in total. The van der Waals surface area contributed by atoms with E-state index in [1.807, 2.05) is 24.3 Å². The number of benzene rings is 1. The molecule has 1 aromatic carbocycles. The molecule has 17 heavy (non-hydrogen) atoms. The first kappa shape index (κ1) is 14.6. The predicted molar refractivity (Wildman–Crippen MR) is 73.1 cm³/mol. The number of aliphatic hydroxyl groups is 1. The molecule has 0 amide bonds. The van der Waals surface area contributed by atoms with Crippen molar-refractivity contribution in [2.45, 2.75) is 25.5 Å². The Hall–Kier alpha value is -0.420. The Kier molecular flexibility index (Phi) is 6.73. The molecule has 3 nitrogen and oxygen atoms in total. The lowest BCUT2D eigenvalue weighted by atomic mass is 10.1. The summed E-state index contributed by atoms with van der Waals surface area (Å²) in [5.74, 6) is 0. The maximum absolute atomic E-state index is 10.0. The highest BCUT2D eigenvalue weighted by Crippen LogP contribution is 2.17. The van der Waals surface area contributed by atoms with E-state index >= 15 is 0 Å². The zero-order valence-electron chi connectivity index (χ0n) is 10.3. The fourth-order valence-electron chi connectivity index (χ4n) is 1.63. The summed E-state index contributed by atoms with van der Waals surface area (Å²) in [5, 5.41) is 13.3. The summed E-state index contributed by atoms with van der Waals surface area (Å²) < 4.78 is 6.08. The summed E-state index contributed by atoms with van der Waals surface area (Å²) in [4.78, 5) is 0. The van der Waals surface area contributed by atoms with Crippen LogP contribution in [0.3, 0.4) is 0 Å². The van der Waals surface area contributed by atoms with E-state index in [1.54, 1.807) is 7.11 Å². The number of ether oxygens (including phenoxy) is 1. The van der Waals surface area contributed by atoms with Gasteiger partial charge in [0, 0.05) is 24.2 Å². The second kappa shape index (κ2) is 7.82. The van der Waals surface area contributed by atoms with Crippen LogP contribution in [0.2, 0.25) is 0 Å². The van der Waals surface area contributed by atoms with Crippen LogP contribution < -0.4 is 5.32 Å². The van der Waals surface area contributed by atoms with E-state index in [2.05, 4.69) is 28.2 Å². The number of nitrogens with one attached hydrogen (secondary N) is 1. The van der Waals surface area contributed by atoms with E-state index in [9.17, 15) is 5.11 Å². The molecule has 0 saturated carbocycles. The molecule has 0 fully saturated rings. The maximum Gasteiger partial charge on any atom is 0.0914 e. The standard InChI is InChI=1S/C13H20BrNO2/c1-3-12(9-17-2)15-8-13(16)10-5-4-6-11(14)7-10/h4-7,12-13,15-16H,3,8-9H2,1-2H3. The Bertz CT molecular complexity index is 333. The molecule has 0 aliphatic carbocycles. The van der Waals surface area contributed by atoms with Gasteiger partial charge in [-0.15, -0.1) is 0 Å². The Balaban J connectivity index is 2.46. The fourth-order valence-corrected chi connectivity index (χ4v) is 2.05. The summed E-state index contributed by atoms with van der Waals surface area (Å²) in [7, 11) is 1.69. The Morgan fingerprint density at radius 3 is 2.82 bits per heavy atom. The first-order valence-electron chi connectivity index (χ1n) is 5.83. The number of methoxy groups -OCH3 is 1. The molecule has 0 heterocycles. The van der Waals surface area contributed by atoms with Gasteiger partial charge in [0.1, 0.15) is 0 Å². The van der Waals surface area contributed by atoms with Gasteiger partial charge in [-0.2, -0.15) is 0 Å². The van der Waals surface area contributed by atoms with Crippen molar-refractivity contribution in [2.24, 2.45) is 0 Å². The molecule has 0 aliphatic rings. The van der Waals surface area contributed by atoms with Gasteiger partial charge in [0.05, 0.1) is 12.7 Å². The third kappa shape index (κ3) is 5.17. The molecule has 0 spiro atoms. The molecular formula is C13H20BrNO2. The zero-order chi connectivity index (χ0) is 12.7. The lowest BCUT2D eigenvalue weighted by Crippen LogP contribution is -2.35. The number of halogens is 1. The van der Waals surface area contributed by atoms with E-state index in [-0.39, 0.29) is 0 Å². The van der Waals surface area contributed by atoms with Gasteiger partial charge in [0.25, 0.3) is 0 Å². The Morgan fingerprint density at radius 1 is 1.47 bits per heavy atom. The van der Waals surface area contributed by atoms with Crippen LogP contribution in [0.1, 0.15) is 25.0 Å². The predicted octanol–water partition coefficient (Wildman–Crippen LogP) is 2.50. The summed E-state index contributed by atoms with van der Waals surface area (Å²) in [6.07, 6.45) is 0.498. The van der Waals surface area contributed by atoms with Crippen LogP contribution in [0.15, 0.2) is 28.7 Å². The Labute approximate surface area is 111 Å². The summed E-state index contributed by atoms with van der Waals surface area (Å²) in [5.41, 5.74) is 0.916. The summed E-state index contributed by atoms with van der Waals surface area (Å²) in [6.45, 7) is 3.31. The van der Waals surface area contributed by atoms with E-state index in [0.717, 1.165) is 16.5 Å². The molecular weight excluding hydrogens is 282 g/mol. The quantitative estimate of drug-likeness (QED) is 0.813. The van der Waals surface area contributed by atoms with Crippen molar-refractivity contribution in [1.82, 2.24) is 5.32 Å². The topological polar surface area (TPSA) is 41.5 Å². The molecule has 1 rings (SSSR count). The smallest absolute Gasteiger partial charge is 0.0914 e. The lowest BCUT2D eigenvalue weighted by Gasteiger charge is -2.19. The van der Waals surface area contributed by atoms with Crippen molar-refractivity contribution in [2.75, 3.05) is 20.3 Å². The molecule has 0 aromatic heterocycles. The highest BCUT2D eigenvalue weighted by Gasteiger charge is 2.11. The molecule has 1 aromatic rings. The largest absolute Gasteiger partial charge is 0.387 e. The molecule has 2 unspecified atom stereocenters. The van der Waals surface area contributed by atoms with Crippen LogP contribution in [0.4, 0.5) is 0 Å². The number of hydrogen-bond acceptors (Lipinski definition) is 3. The molecule has 2 atom stereocenters. The highest BCUT2D eigenvalue weighted by molar-refractivity contribution is 9.10. The van der Waals surface area contributed by atoms with Crippen molar-refractivity contribution in [1.29, 1.82) is 0 Å². The van der Waals surface area contributed by atoms with E-state index in [0.29, 0.717) is 19.2 Å². The fraction of sp³-hybridized carbons (Fsp3) is 0.538. The number of rotatable bonds is 7. The van der Waals surface area contributed by atoms with Crippen molar-refractivity contribution in [3.05, 3.63) is 34.3 Å². The van der Waals surface area contributed by atoms with Crippen molar-refractivity contribution >= 4 is 15.9 Å². The van der Waals surface area contributed by atoms with Crippen molar-refractivity contribution in [3.63, 3.8) is 0 Å². The third-order valence-corrected chi connectivity index (χ3v) is 3.19. The van der Waals surface area contributed by atoms with E-state index in [4.69, 9.17) is 4.74 Å². The third-order valence-electron chi connectivity index (χ3n) is 2.69. The summed E-state index contributed by atoms with van der Waals surface area (Å²) in [6, 6.07) is 8.03. The average molecular weight is 302 g/mol. The van der Waals surface area contributed by atoms with Crippen LogP contribution in [-0.4, -0.2) is 31.4 Å². The molecule has 96 valence electrons. The second-order valence-electron chi connectivity index (χ2n) is 4.04. The first-order valence-corrected chi connectivity index (χ1v) is 6.62. The minimum atomic E-state index is -0.488. The van der Waals surface area contributed by atoms with Crippen LogP contribution in [0.25, 0.3) is 0 Å². The van der Waals surface area contributed by atoms with Gasteiger partial charge in [-0.3, -0.25) is 0 Å². The van der Waals surface area contributed by atoms with Crippen LogP contribution in [0, 0.1) is 0 Å². The molecule has 0 saturated heterocycles. The van der Waals surface area contributed by atoms with Crippen LogP contribution in [-0.2, 0) is 4.74 Å². The van der Waals surface area contributed by atoms with Gasteiger partial charge < -0.3 is 15.2 Å². The highest BCUT2D eigenvalue weighted by atomic mass is 79.9. The van der Waals surface area contributed by atoms with E-state index in [1.165, 1.54) is 0 Å². The maximum atomic E-state index is 10.0. The van der Waals surface area contributed by atoms with Crippen LogP contribution in [0.5, 0.6) is 0 Å². The van der Waals surface area contributed by atoms with Crippen LogP contribution >= 0.6 is 15.9 Å². The Morgan fingerprint density at radius 2 is 2.24 bits per heavy atom. The lowest BCUT2D eigenvalue weighted by molar-refractivity contribution is 0.137. The number of aliphatic hydroxyl groups excluding tert-OH is 1. The normalized spacial score (nSPS) is 14.6. The van der Waals surface area contributed by atoms with Gasteiger partial charge in [-0.05, 0) is 24.1 Å². The van der Waals surface area contributed by atoms with Gasteiger partial charge in [0.15, 0.2) is 0 Å². The average Bonchev–Trinajstić information content (AvgIpc) is 2.34. The van der Waals surface area contributed by atoms with Crippen molar-refractivity contribution < 1.29 is 9.84 Å². The molecule has 0 aliphatic heterocycles. The number of hydrogen-bond donors (Lipinski definition) is 2. The minimum Gasteiger partial charge on any atom is -0.387 e. The molecule has 0 radical (unpaired) electrons. The SMILES string of the molecule is CCC(COC)NCC(O)c1cccc(Br)c1.